The molecule has 4 rings (SSSR count). The van der Waals surface area contributed by atoms with Gasteiger partial charge in [0.1, 0.15) is 17.1 Å². The van der Waals surface area contributed by atoms with Gasteiger partial charge in [0.2, 0.25) is 5.91 Å². The molecule has 2 unspecified atom stereocenters. The number of halogens is 4. The molecule has 2 aromatic rings. The standard InChI is InChI=1S/C24H28F4N4O4S/c1-37(35)12-20(33)30-22-21-18(31-32(22)9-8-14-2-3-14)11-16(29-23(21)34)6-4-15-5-7-17(25)19(10-15)36-13-24(26,27)28/h5,7,10,14,16H,2-4,6,8-9,11-13H2,1H3,(H,29,34)(H,30,33). The van der Waals surface area contributed by atoms with Crippen LogP contribution < -0.4 is 15.4 Å². The first-order valence-corrected chi connectivity index (χ1v) is 13.7. The molecule has 1 aliphatic heterocycles. The molecule has 2 atom stereocenters. The second-order valence-corrected chi connectivity index (χ2v) is 10.9. The molecule has 1 aromatic heterocycles. The first-order valence-electron chi connectivity index (χ1n) is 12.0. The summed E-state index contributed by atoms with van der Waals surface area (Å²) in [6.07, 6.45) is 1.18. The minimum Gasteiger partial charge on any atom is -0.481 e. The molecule has 0 bridgehead atoms. The Kier molecular flexibility index (Phi) is 8.20. The van der Waals surface area contributed by atoms with Crippen molar-refractivity contribution in [1.82, 2.24) is 15.1 Å². The van der Waals surface area contributed by atoms with Crippen molar-refractivity contribution in [2.24, 2.45) is 5.92 Å². The fourth-order valence-corrected chi connectivity index (χ4v) is 4.72. The number of fused-ring (bicyclic) bond motifs is 1. The van der Waals surface area contributed by atoms with Crippen molar-refractivity contribution in [3.05, 3.63) is 40.8 Å². The van der Waals surface area contributed by atoms with Crippen LogP contribution in [0.1, 0.15) is 47.3 Å². The molecule has 0 radical (unpaired) electrons. The number of aryl methyl sites for hydroxylation is 2. The highest BCUT2D eigenvalue weighted by Gasteiger charge is 2.33. The van der Waals surface area contributed by atoms with Crippen LogP contribution in [0.25, 0.3) is 0 Å². The molecule has 37 heavy (non-hydrogen) atoms. The van der Waals surface area contributed by atoms with Crippen LogP contribution in [0.4, 0.5) is 23.4 Å². The zero-order valence-electron chi connectivity index (χ0n) is 20.2. The Labute approximate surface area is 213 Å². The number of benzene rings is 1. The predicted molar refractivity (Wildman–Crippen MR) is 128 cm³/mol. The lowest BCUT2D eigenvalue weighted by Crippen LogP contribution is -2.41. The fraction of sp³-hybridized carbons (Fsp3) is 0.542. The molecule has 8 nitrogen and oxygen atoms in total. The first-order chi connectivity index (χ1) is 17.5. The van der Waals surface area contributed by atoms with Gasteiger partial charge in [-0.05, 0) is 42.9 Å². The zero-order chi connectivity index (χ0) is 26.7. The average Bonchev–Trinajstić information content (AvgIpc) is 3.56. The largest absolute Gasteiger partial charge is 0.481 e. The minimum atomic E-state index is -4.58. The van der Waals surface area contributed by atoms with E-state index in [1.54, 1.807) is 4.68 Å². The molecule has 2 heterocycles. The second-order valence-electron chi connectivity index (χ2n) is 9.47. The number of amides is 2. The van der Waals surface area contributed by atoms with Crippen LogP contribution in [0.2, 0.25) is 0 Å². The molecular formula is C24H28F4N4O4S. The van der Waals surface area contributed by atoms with Crippen LogP contribution >= 0.6 is 0 Å². The van der Waals surface area contributed by atoms with E-state index >= 15 is 0 Å². The molecule has 202 valence electrons. The molecule has 13 heteroatoms. The molecule has 2 aliphatic rings. The Bertz CT molecular complexity index is 1200. The highest BCUT2D eigenvalue weighted by molar-refractivity contribution is 7.85. The molecular weight excluding hydrogens is 516 g/mol. The van der Waals surface area contributed by atoms with Gasteiger partial charge in [0.25, 0.3) is 5.91 Å². The van der Waals surface area contributed by atoms with Gasteiger partial charge in [-0.2, -0.15) is 18.3 Å². The number of rotatable bonds is 11. The summed E-state index contributed by atoms with van der Waals surface area (Å²) in [6.45, 7) is -1.05. The van der Waals surface area contributed by atoms with Gasteiger partial charge in [0.05, 0.1) is 5.69 Å². The van der Waals surface area contributed by atoms with Crippen LogP contribution in [0.3, 0.4) is 0 Å². The summed E-state index contributed by atoms with van der Waals surface area (Å²) < 4.78 is 68.9. The third-order valence-electron chi connectivity index (χ3n) is 6.23. The van der Waals surface area contributed by atoms with E-state index in [1.165, 1.54) is 18.4 Å². The zero-order valence-corrected chi connectivity index (χ0v) is 21.0. The summed E-state index contributed by atoms with van der Waals surface area (Å²) in [5.74, 6) is -1.52. The van der Waals surface area contributed by atoms with E-state index in [0.717, 1.165) is 25.3 Å². The molecule has 1 aliphatic carbocycles. The normalized spacial score (nSPS) is 18.2. The second kappa shape index (κ2) is 11.2. The number of carbonyl (C=O) groups is 2. The number of alkyl halides is 3. The van der Waals surface area contributed by atoms with Crippen LogP contribution in [-0.2, 0) is 35.0 Å². The molecule has 1 fully saturated rings. The summed E-state index contributed by atoms with van der Waals surface area (Å²) in [5.41, 5.74) is 1.38. The average molecular weight is 545 g/mol. The molecule has 2 N–H and O–H groups in total. The van der Waals surface area contributed by atoms with Crippen molar-refractivity contribution in [3.8, 4) is 5.75 Å². The van der Waals surface area contributed by atoms with Gasteiger partial charge in [-0.25, -0.2) is 9.07 Å². The van der Waals surface area contributed by atoms with E-state index in [9.17, 15) is 31.4 Å². The highest BCUT2D eigenvalue weighted by atomic mass is 32.2. The van der Waals surface area contributed by atoms with Crippen LogP contribution in [-0.4, -0.2) is 56.6 Å². The van der Waals surface area contributed by atoms with Crippen LogP contribution in [0.15, 0.2) is 18.2 Å². The smallest absolute Gasteiger partial charge is 0.422 e. The molecule has 2 amide bonds. The monoisotopic (exact) mass is 544 g/mol. The number of nitrogens with one attached hydrogen (secondary N) is 2. The third-order valence-corrected chi connectivity index (χ3v) is 6.90. The molecule has 1 aromatic carbocycles. The van der Waals surface area contributed by atoms with Gasteiger partial charge < -0.3 is 15.4 Å². The Morgan fingerprint density at radius 1 is 1.30 bits per heavy atom. The van der Waals surface area contributed by atoms with E-state index < -0.39 is 47.0 Å². The Hall–Kier alpha value is -2.96. The predicted octanol–water partition coefficient (Wildman–Crippen LogP) is 3.37. The number of anilines is 1. The van der Waals surface area contributed by atoms with Crippen LogP contribution in [0.5, 0.6) is 5.75 Å². The molecule has 0 spiro atoms. The van der Waals surface area contributed by atoms with Gasteiger partial charge in [0.15, 0.2) is 18.2 Å². The SMILES string of the molecule is CS(=O)CC(=O)Nc1c2c(nn1CCC1CC1)CC(CCc1ccc(F)c(OCC(F)(F)F)c1)NC2=O. The topological polar surface area (TPSA) is 102 Å². The maximum absolute atomic E-state index is 13.9. The number of aromatic nitrogens is 2. The van der Waals surface area contributed by atoms with E-state index in [1.807, 2.05) is 0 Å². The summed E-state index contributed by atoms with van der Waals surface area (Å²) in [4.78, 5) is 25.3. The molecule has 0 saturated heterocycles. The van der Waals surface area contributed by atoms with Gasteiger partial charge in [-0.15, -0.1) is 0 Å². The van der Waals surface area contributed by atoms with Crippen molar-refractivity contribution >= 4 is 28.4 Å². The summed E-state index contributed by atoms with van der Waals surface area (Å²) in [6, 6.07) is 3.43. The van der Waals surface area contributed by atoms with Gasteiger partial charge in [0, 0.05) is 36.1 Å². The third kappa shape index (κ3) is 7.53. The van der Waals surface area contributed by atoms with Gasteiger partial charge in [-0.3, -0.25) is 13.8 Å². The fourth-order valence-electron chi connectivity index (χ4n) is 4.28. The lowest BCUT2D eigenvalue weighted by atomic mass is 9.96. The Morgan fingerprint density at radius 2 is 2.05 bits per heavy atom. The van der Waals surface area contributed by atoms with Crippen molar-refractivity contribution < 1.29 is 36.1 Å². The van der Waals surface area contributed by atoms with E-state index in [-0.39, 0.29) is 17.4 Å². The summed E-state index contributed by atoms with van der Waals surface area (Å²) >= 11 is 0. The highest BCUT2D eigenvalue weighted by Crippen LogP contribution is 2.34. The number of ether oxygens (including phenoxy) is 1. The van der Waals surface area contributed by atoms with Gasteiger partial charge >= 0.3 is 6.18 Å². The molecule has 1 saturated carbocycles. The van der Waals surface area contributed by atoms with E-state index in [2.05, 4.69) is 20.5 Å². The minimum absolute atomic E-state index is 0.195. The van der Waals surface area contributed by atoms with Crippen LogP contribution in [0, 0.1) is 11.7 Å². The number of hydrogen-bond donors (Lipinski definition) is 2. The maximum atomic E-state index is 13.9. The maximum Gasteiger partial charge on any atom is 0.422 e. The number of hydrogen-bond acceptors (Lipinski definition) is 5. The number of carbonyl (C=O) groups excluding carboxylic acids is 2. The van der Waals surface area contributed by atoms with Crippen molar-refractivity contribution in [2.45, 2.75) is 57.3 Å². The van der Waals surface area contributed by atoms with Crippen molar-refractivity contribution in [1.29, 1.82) is 0 Å². The Morgan fingerprint density at radius 3 is 2.73 bits per heavy atom. The number of nitrogens with zero attached hydrogens (tertiary/aromatic N) is 2. The van der Waals surface area contributed by atoms with Crippen molar-refractivity contribution in [3.63, 3.8) is 0 Å². The lowest BCUT2D eigenvalue weighted by molar-refractivity contribution is -0.153. The van der Waals surface area contributed by atoms with Gasteiger partial charge in [-0.1, -0.05) is 18.9 Å². The summed E-state index contributed by atoms with van der Waals surface area (Å²) in [7, 11) is -1.34. The quantitative estimate of drug-likeness (QED) is 0.423. The van der Waals surface area contributed by atoms with E-state index in [4.69, 9.17) is 0 Å². The summed E-state index contributed by atoms with van der Waals surface area (Å²) in [5, 5.41) is 10.2. The Balaban J connectivity index is 1.45. The first kappa shape index (κ1) is 27.1. The van der Waals surface area contributed by atoms with E-state index in [0.29, 0.717) is 48.8 Å². The lowest BCUT2D eigenvalue weighted by Gasteiger charge is -2.23. The van der Waals surface area contributed by atoms with Crippen molar-refractivity contribution in [2.75, 3.05) is 23.9 Å².